The van der Waals surface area contributed by atoms with Gasteiger partial charge in [0, 0.05) is 50.7 Å². The van der Waals surface area contributed by atoms with E-state index in [2.05, 4.69) is 15.6 Å². The van der Waals surface area contributed by atoms with E-state index in [4.69, 9.17) is 0 Å². The highest BCUT2D eigenvalue weighted by Crippen LogP contribution is 2.13. The molecule has 9 nitrogen and oxygen atoms in total. The van der Waals surface area contributed by atoms with Crippen LogP contribution in [0.3, 0.4) is 0 Å². The van der Waals surface area contributed by atoms with Crippen molar-refractivity contribution in [2.45, 2.75) is 19.4 Å². The van der Waals surface area contributed by atoms with Gasteiger partial charge in [-0.3, -0.25) is 24.3 Å². The highest BCUT2D eigenvalue weighted by Gasteiger charge is 2.22. The van der Waals surface area contributed by atoms with Crippen LogP contribution in [0.4, 0.5) is 4.79 Å². The summed E-state index contributed by atoms with van der Waals surface area (Å²) in [4.78, 5) is 52.6. The molecule has 0 saturated carbocycles. The molecule has 0 atom stereocenters. The first-order chi connectivity index (χ1) is 13.5. The molecule has 2 N–H and O–H groups in total. The van der Waals surface area contributed by atoms with Crippen LogP contribution in [0.5, 0.6) is 0 Å². The van der Waals surface area contributed by atoms with Crippen molar-refractivity contribution in [1.82, 2.24) is 25.1 Å². The largest absolute Gasteiger partial charge is 0.354 e. The summed E-state index contributed by atoms with van der Waals surface area (Å²) in [5.74, 6) is -0.533. The van der Waals surface area contributed by atoms with Crippen LogP contribution in [0, 0.1) is 0 Å². The van der Waals surface area contributed by atoms with Crippen LogP contribution in [0.2, 0.25) is 0 Å². The number of amides is 4. The molecule has 2 heterocycles. The Morgan fingerprint density at radius 3 is 2.64 bits per heavy atom. The van der Waals surface area contributed by atoms with E-state index in [1.165, 1.54) is 21.9 Å². The third-order valence-electron chi connectivity index (χ3n) is 4.38. The minimum Gasteiger partial charge on any atom is -0.354 e. The maximum atomic E-state index is 12.2. The molecule has 0 aliphatic carbocycles. The minimum absolute atomic E-state index is 0.127. The summed E-state index contributed by atoms with van der Waals surface area (Å²) in [6.45, 7) is 1.12. The Kier molecular flexibility index (Phi) is 6.15. The summed E-state index contributed by atoms with van der Waals surface area (Å²) in [5, 5.41) is 4.93. The highest BCUT2D eigenvalue weighted by molar-refractivity contribution is 5.96. The number of rotatable bonds is 7. The summed E-state index contributed by atoms with van der Waals surface area (Å²) in [5.41, 5.74) is 1.27. The van der Waals surface area contributed by atoms with Crippen LogP contribution in [0.1, 0.15) is 12.8 Å². The van der Waals surface area contributed by atoms with Crippen molar-refractivity contribution in [3.63, 3.8) is 0 Å². The van der Waals surface area contributed by atoms with Gasteiger partial charge in [0.1, 0.15) is 0 Å². The average molecular weight is 383 g/mol. The van der Waals surface area contributed by atoms with Gasteiger partial charge in [0.05, 0.1) is 12.0 Å². The van der Waals surface area contributed by atoms with Gasteiger partial charge in [-0.2, -0.15) is 0 Å². The Bertz CT molecular complexity index is 925. The summed E-state index contributed by atoms with van der Waals surface area (Å²) in [7, 11) is 0. The standard InChI is InChI=1S/C19H21N5O4/c25-16(6-9-23-10-7-17(26)22-19(23)28)20-8-11-24-13-21-15(12-18(24)27)14-4-2-1-3-5-14/h1-5,12-13H,6-11H2,(H,20,25)(H,22,26,28). The average Bonchev–Trinajstić information content (AvgIpc) is 2.69. The Labute approximate surface area is 161 Å². The molecular formula is C19H21N5O4. The number of hydrogen-bond donors (Lipinski definition) is 2. The van der Waals surface area contributed by atoms with Crippen molar-refractivity contribution in [1.29, 1.82) is 0 Å². The second kappa shape index (κ2) is 8.94. The molecule has 2 aromatic rings. The molecule has 1 aromatic heterocycles. The molecule has 1 aliphatic rings. The number of carbonyl (C=O) groups is 3. The fraction of sp³-hybridized carbons (Fsp3) is 0.316. The number of nitrogens with one attached hydrogen (secondary N) is 2. The van der Waals surface area contributed by atoms with Crippen molar-refractivity contribution in [3.8, 4) is 11.3 Å². The zero-order valence-electron chi connectivity index (χ0n) is 15.3. The van der Waals surface area contributed by atoms with Gasteiger partial charge in [0.15, 0.2) is 0 Å². The molecule has 0 radical (unpaired) electrons. The van der Waals surface area contributed by atoms with Gasteiger partial charge in [-0.05, 0) is 0 Å². The van der Waals surface area contributed by atoms with Crippen molar-refractivity contribution < 1.29 is 14.4 Å². The molecule has 146 valence electrons. The lowest BCUT2D eigenvalue weighted by Gasteiger charge is -2.26. The van der Waals surface area contributed by atoms with Gasteiger partial charge in [-0.15, -0.1) is 0 Å². The lowest BCUT2D eigenvalue weighted by molar-refractivity contribution is -0.121. The van der Waals surface area contributed by atoms with Crippen LogP contribution in [-0.2, 0) is 16.1 Å². The summed E-state index contributed by atoms with van der Waals surface area (Å²) in [6.07, 6.45) is 1.83. The molecular weight excluding hydrogens is 362 g/mol. The molecule has 9 heteroatoms. The summed E-state index contributed by atoms with van der Waals surface area (Å²) in [6, 6.07) is 10.4. The predicted molar refractivity (Wildman–Crippen MR) is 101 cm³/mol. The van der Waals surface area contributed by atoms with E-state index in [9.17, 15) is 19.2 Å². The van der Waals surface area contributed by atoms with Gasteiger partial charge >= 0.3 is 6.03 Å². The van der Waals surface area contributed by atoms with Gasteiger partial charge in [0.25, 0.3) is 5.56 Å². The third-order valence-corrected chi connectivity index (χ3v) is 4.38. The molecule has 3 rings (SSSR count). The van der Waals surface area contributed by atoms with Crippen molar-refractivity contribution in [2.75, 3.05) is 19.6 Å². The van der Waals surface area contributed by atoms with Gasteiger partial charge in [-0.1, -0.05) is 30.3 Å². The molecule has 4 amide bonds. The molecule has 1 aromatic carbocycles. The van der Waals surface area contributed by atoms with E-state index in [1.807, 2.05) is 30.3 Å². The fourth-order valence-corrected chi connectivity index (χ4v) is 2.81. The van der Waals surface area contributed by atoms with E-state index >= 15 is 0 Å². The SMILES string of the molecule is O=C(CCN1CCC(=O)NC1=O)NCCn1cnc(-c2ccccc2)cc1=O. The van der Waals surface area contributed by atoms with Crippen LogP contribution in [0.25, 0.3) is 11.3 Å². The zero-order chi connectivity index (χ0) is 19.9. The lowest BCUT2D eigenvalue weighted by Crippen LogP contribution is -2.50. The molecule has 1 fully saturated rings. The molecule has 0 unspecified atom stereocenters. The lowest BCUT2D eigenvalue weighted by atomic mass is 10.1. The quantitative estimate of drug-likeness (QED) is 0.717. The van der Waals surface area contributed by atoms with E-state index in [0.717, 1.165) is 5.56 Å². The van der Waals surface area contributed by atoms with Crippen LogP contribution < -0.4 is 16.2 Å². The predicted octanol–water partition coefficient (Wildman–Crippen LogP) is 0.359. The number of nitrogens with zero attached hydrogens (tertiary/aromatic N) is 3. The minimum atomic E-state index is -0.472. The van der Waals surface area contributed by atoms with E-state index in [0.29, 0.717) is 18.8 Å². The normalized spacial score (nSPS) is 13.9. The Morgan fingerprint density at radius 2 is 1.93 bits per heavy atom. The molecule has 1 saturated heterocycles. The third kappa shape index (κ3) is 5.03. The number of aromatic nitrogens is 2. The number of urea groups is 1. The maximum absolute atomic E-state index is 12.2. The van der Waals surface area contributed by atoms with Gasteiger partial charge in [-0.25, -0.2) is 9.78 Å². The Balaban J connectivity index is 1.44. The molecule has 0 bridgehead atoms. The molecule has 0 spiro atoms. The van der Waals surface area contributed by atoms with Crippen molar-refractivity contribution in [3.05, 3.63) is 53.1 Å². The summed E-state index contributed by atoms with van der Waals surface area (Å²) >= 11 is 0. The smallest absolute Gasteiger partial charge is 0.324 e. The van der Waals surface area contributed by atoms with E-state index in [-0.39, 0.29) is 43.3 Å². The van der Waals surface area contributed by atoms with Crippen molar-refractivity contribution >= 4 is 17.8 Å². The zero-order valence-corrected chi connectivity index (χ0v) is 15.3. The van der Waals surface area contributed by atoms with E-state index < -0.39 is 6.03 Å². The Hall–Kier alpha value is -3.49. The Morgan fingerprint density at radius 1 is 1.14 bits per heavy atom. The summed E-state index contributed by atoms with van der Waals surface area (Å²) < 4.78 is 1.43. The van der Waals surface area contributed by atoms with Gasteiger partial charge < -0.3 is 10.2 Å². The monoisotopic (exact) mass is 383 g/mol. The van der Waals surface area contributed by atoms with Crippen LogP contribution in [-0.4, -0.2) is 51.9 Å². The van der Waals surface area contributed by atoms with Crippen molar-refractivity contribution in [2.24, 2.45) is 0 Å². The second-order valence-electron chi connectivity index (χ2n) is 6.36. The van der Waals surface area contributed by atoms with Crippen LogP contribution >= 0.6 is 0 Å². The molecule has 28 heavy (non-hydrogen) atoms. The van der Waals surface area contributed by atoms with E-state index in [1.54, 1.807) is 0 Å². The topological polar surface area (TPSA) is 113 Å². The highest BCUT2D eigenvalue weighted by atomic mass is 16.2. The first-order valence-electron chi connectivity index (χ1n) is 9.00. The second-order valence-corrected chi connectivity index (χ2v) is 6.36. The van der Waals surface area contributed by atoms with Crippen LogP contribution in [0.15, 0.2) is 47.5 Å². The first kappa shape index (κ1) is 19.3. The first-order valence-corrected chi connectivity index (χ1v) is 9.00. The number of hydrogen-bond acceptors (Lipinski definition) is 5. The maximum Gasteiger partial charge on any atom is 0.324 e. The van der Waals surface area contributed by atoms with Gasteiger partial charge in [0.2, 0.25) is 11.8 Å². The fourth-order valence-electron chi connectivity index (χ4n) is 2.81. The number of carbonyl (C=O) groups excluding carboxylic acids is 3. The number of benzene rings is 1. The number of imide groups is 1. The molecule has 1 aliphatic heterocycles.